The van der Waals surface area contributed by atoms with E-state index in [-0.39, 0.29) is 11.0 Å². The molecule has 0 fully saturated rings. The van der Waals surface area contributed by atoms with E-state index in [4.69, 9.17) is 0 Å². The van der Waals surface area contributed by atoms with Gasteiger partial charge in [-0.15, -0.1) is 10.2 Å². The number of fused-ring (bicyclic) bond motifs is 1. The Morgan fingerprint density at radius 3 is 2.92 bits per heavy atom. The fourth-order valence-electron chi connectivity index (χ4n) is 2.31. The van der Waals surface area contributed by atoms with E-state index in [1.54, 1.807) is 29.3 Å². The molecule has 0 saturated carbocycles. The minimum Gasteiger partial charge on any atom is -0.360 e. The minimum atomic E-state index is -0.189. The van der Waals surface area contributed by atoms with Crippen LogP contribution in [0.1, 0.15) is 37.0 Å². The molecule has 0 aliphatic rings. The average Bonchev–Trinajstić information content (AvgIpc) is 3.21. The number of rotatable bonds is 8. The number of carbonyl (C=O) groups excluding carboxylic acids is 1. The maximum absolute atomic E-state index is 12.8. The van der Waals surface area contributed by atoms with E-state index in [1.165, 1.54) is 24.6 Å². The van der Waals surface area contributed by atoms with Crippen molar-refractivity contribution in [2.75, 3.05) is 5.75 Å². The lowest BCUT2D eigenvalue weighted by atomic mass is 10.1. The third-order valence-electron chi connectivity index (χ3n) is 3.61. The summed E-state index contributed by atoms with van der Waals surface area (Å²) >= 11 is 4.80. The normalized spacial score (nSPS) is 12.6. The van der Waals surface area contributed by atoms with Gasteiger partial charge in [0.25, 0.3) is 0 Å². The number of unbranched alkanes of at least 4 members (excludes halogenated alkanes) is 1. The Bertz CT molecular complexity index is 827. The van der Waals surface area contributed by atoms with Gasteiger partial charge in [-0.3, -0.25) is 4.79 Å². The molecule has 0 saturated heterocycles. The Balaban J connectivity index is 1.66. The van der Waals surface area contributed by atoms with Gasteiger partial charge in [-0.25, -0.2) is 0 Å². The zero-order valence-corrected chi connectivity index (χ0v) is 16.1. The smallest absolute Gasteiger partial charge is 0.178 e. The van der Waals surface area contributed by atoms with E-state index >= 15 is 0 Å². The molecule has 4 nitrogen and oxygen atoms in total. The number of ketones is 1. The number of hydrogen-bond donors (Lipinski definition) is 1. The number of H-pyrrole nitrogens is 1. The fourth-order valence-corrected chi connectivity index (χ4v) is 5.69. The molecular weight excluding hydrogens is 358 g/mol. The zero-order chi connectivity index (χ0) is 16.9. The van der Waals surface area contributed by atoms with Gasteiger partial charge in [0.1, 0.15) is 0 Å². The molecule has 2 heterocycles. The molecule has 1 aromatic carbocycles. The molecule has 0 aliphatic heterocycles. The van der Waals surface area contributed by atoms with Crippen LogP contribution in [0.25, 0.3) is 10.9 Å². The molecule has 0 spiro atoms. The zero-order valence-electron chi connectivity index (χ0n) is 13.6. The second-order valence-corrected chi connectivity index (χ2v) is 9.32. The number of thioether (sulfide) groups is 2. The molecular formula is C17H19N3OS3. The lowest BCUT2D eigenvalue weighted by Crippen LogP contribution is -2.12. The molecule has 0 aliphatic carbocycles. The summed E-state index contributed by atoms with van der Waals surface area (Å²) in [4.78, 5) is 15.9. The molecule has 1 N–H and O–H groups in total. The van der Waals surface area contributed by atoms with Gasteiger partial charge in [-0.2, -0.15) is 0 Å². The maximum atomic E-state index is 12.8. The molecule has 1 atom stereocenters. The average molecular weight is 378 g/mol. The first-order chi connectivity index (χ1) is 11.7. The van der Waals surface area contributed by atoms with Gasteiger partial charge < -0.3 is 4.98 Å². The third kappa shape index (κ3) is 4.02. The van der Waals surface area contributed by atoms with E-state index in [0.717, 1.165) is 30.9 Å². The molecule has 1 unspecified atom stereocenters. The van der Waals surface area contributed by atoms with E-state index in [2.05, 4.69) is 22.1 Å². The summed E-state index contributed by atoms with van der Waals surface area (Å²) in [6, 6.07) is 7.87. The molecule has 126 valence electrons. The van der Waals surface area contributed by atoms with Gasteiger partial charge in [0.05, 0.1) is 5.25 Å². The van der Waals surface area contributed by atoms with Crippen LogP contribution in [0, 0.1) is 0 Å². The monoisotopic (exact) mass is 377 g/mol. The van der Waals surface area contributed by atoms with E-state index in [1.807, 2.05) is 31.2 Å². The van der Waals surface area contributed by atoms with Crippen LogP contribution in [-0.2, 0) is 0 Å². The minimum absolute atomic E-state index is 0.118. The predicted octanol–water partition coefficient (Wildman–Crippen LogP) is 5.28. The maximum Gasteiger partial charge on any atom is 0.178 e. The number of aromatic nitrogens is 3. The SMILES string of the molecule is CCCCSc1nnc(SC(C)C(=O)c2c[nH]c3ccccc23)s1. The fraction of sp³-hybridized carbons (Fsp3) is 0.353. The Morgan fingerprint density at radius 2 is 2.08 bits per heavy atom. The molecule has 7 heteroatoms. The molecule has 0 amide bonds. The van der Waals surface area contributed by atoms with Crippen LogP contribution in [0.2, 0.25) is 0 Å². The van der Waals surface area contributed by atoms with Crippen LogP contribution in [0.4, 0.5) is 0 Å². The lowest BCUT2D eigenvalue weighted by molar-refractivity contribution is 0.0995. The summed E-state index contributed by atoms with van der Waals surface area (Å²) in [7, 11) is 0. The first kappa shape index (κ1) is 17.5. The molecule has 3 rings (SSSR count). The van der Waals surface area contributed by atoms with Gasteiger partial charge in [-0.1, -0.05) is 66.4 Å². The molecule has 2 aromatic heterocycles. The van der Waals surface area contributed by atoms with Crippen LogP contribution in [0.5, 0.6) is 0 Å². The summed E-state index contributed by atoms with van der Waals surface area (Å²) in [6.45, 7) is 4.11. The van der Waals surface area contributed by atoms with Crippen molar-refractivity contribution in [1.29, 1.82) is 0 Å². The van der Waals surface area contributed by atoms with Crippen LogP contribution in [0.3, 0.4) is 0 Å². The standard InChI is InChI=1S/C17H19N3OS3/c1-3-4-9-22-16-19-20-17(24-16)23-11(2)15(21)13-10-18-14-8-6-5-7-12(13)14/h5-8,10-11,18H,3-4,9H2,1-2H3. The quantitative estimate of drug-likeness (QED) is 0.329. The van der Waals surface area contributed by atoms with Gasteiger partial charge >= 0.3 is 0 Å². The summed E-state index contributed by atoms with van der Waals surface area (Å²) in [5.41, 5.74) is 1.73. The van der Waals surface area contributed by atoms with Gasteiger partial charge in [-0.05, 0) is 19.4 Å². The number of nitrogens with one attached hydrogen (secondary N) is 1. The number of hydrogen-bond acceptors (Lipinski definition) is 6. The molecule has 0 bridgehead atoms. The van der Waals surface area contributed by atoms with Gasteiger partial charge in [0.15, 0.2) is 14.5 Å². The summed E-state index contributed by atoms with van der Waals surface area (Å²) < 4.78 is 1.84. The Morgan fingerprint density at radius 1 is 1.29 bits per heavy atom. The Hall–Kier alpha value is -1.31. The molecule has 3 aromatic rings. The lowest BCUT2D eigenvalue weighted by Gasteiger charge is -2.06. The number of aromatic amines is 1. The first-order valence-electron chi connectivity index (χ1n) is 7.92. The van der Waals surface area contributed by atoms with Crippen molar-refractivity contribution in [3.63, 3.8) is 0 Å². The Kier molecular flexibility index (Phi) is 5.97. The van der Waals surface area contributed by atoms with Crippen LogP contribution >= 0.6 is 34.9 Å². The van der Waals surface area contributed by atoms with Crippen molar-refractivity contribution in [2.24, 2.45) is 0 Å². The van der Waals surface area contributed by atoms with E-state index in [0.29, 0.717) is 0 Å². The highest BCUT2D eigenvalue weighted by Gasteiger charge is 2.21. The number of nitrogens with zero attached hydrogens (tertiary/aromatic N) is 2. The highest BCUT2D eigenvalue weighted by Crippen LogP contribution is 2.33. The Labute approximate surface area is 153 Å². The number of benzene rings is 1. The highest BCUT2D eigenvalue weighted by molar-refractivity contribution is 8.03. The van der Waals surface area contributed by atoms with Crippen LogP contribution < -0.4 is 0 Å². The second kappa shape index (κ2) is 8.18. The van der Waals surface area contributed by atoms with E-state index in [9.17, 15) is 4.79 Å². The molecule has 24 heavy (non-hydrogen) atoms. The highest BCUT2D eigenvalue weighted by atomic mass is 32.2. The predicted molar refractivity (Wildman–Crippen MR) is 103 cm³/mol. The van der Waals surface area contributed by atoms with Gasteiger partial charge in [0.2, 0.25) is 0 Å². The van der Waals surface area contributed by atoms with Crippen molar-refractivity contribution in [1.82, 2.24) is 15.2 Å². The van der Waals surface area contributed by atoms with Crippen molar-refractivity contribution in [3.05, 3.63) is 36.0 Å². The summed E-state index contributed by atoms with van der Waals surface area (Å²) in [5.74, 6) is 1.19. The van der Waals surface area contributed by atoms with Crippen molar-refractivity contribution in [3.8, 4) is 0 Å². The number of carbonyl (C=O) groups is 1. The topological polar surface area (TPSA) is 58.6 Å². The van der Waals surface area contributed by atoms with Crippen molar-refractivity contribution >= 4 is 51.5 Å². The first-order valence-corrected chi connectivity index (χ1v) is 10.6. The third-order valence-corrected chi connectivity index (χ3v) is 6.94. The van der Waals surface area contributed by atoms with Crippen LogP contribution in [0.15, 0.2) is 39.1 Å². The van der Waals surface area contributed by atoms with Crippen molar-refractivity contribution < 1.29 is 4.79 Å². The summed E-state index contributed by atoms with van der Waals surface area (Å²) in [6.07, 6.45) is 4.17. The van der Waals surface area contributed by atoms with Crippen LogP contribution in [-0.4, -0.2) is 32.0 Å². The van der Waals surface area contributed by atoms with Crippen molar-refractivity contribution in [2.45, 2.75) is 40.6 Å². The van der Waals surface area contributed by atoms with Gasteiger partial charge in [0, 0.05) is 28.4 Å². The summed E-state index contributed by atoms with van der Waals surface area (Å²) in [5, 5.41) is 9.20. The number of Topliss-reactive ketones (excluding diaryl/α,β-unsaturated/α-hetero) is 1. The largest absolute Gasteiger partial charge is 0.360 e. The second-order valence-electron chi connectivity index (χ2n) is 5.41. The van der Waals surface area contributed by atoms with E-state index < -0.39 is 0 Å². The molecule has 0 radical (unpaired) electrons. The number of para-hydroxylation sites is 1.